The minimum atomic E-state index is -0.852. The molecule has 0 aliphatic rings. The van der Waals surface area contributed by atoms with Gasteiger partial charge in [-0.2, -0.15) is 5.10 Å². The zero-order chi connectivity index (χ0) is 15.2. The summed E-state index contributed by atoms with van der Waals surface area (Å²) in [6.45, 7) is 0.362. The zero-order valence-corrected chi connectivity index (χ0v) is 11.3. The number of benzene rings is 1. The van der Waals surface area contributed by atoms with Crippen LogP contribution in [-0.4, -0.2) is 33.7 Å². The summed E-state index contributed by atoms with van der Waals surface area (Å²) < 4.78 is 0. The van der Waals surface area contributed by atoms with Gasteiger partial charge in [0, 0.05) is 18.4 Å². The van der Waals surface area contributed by atoms with E-state index in [9.17, 15) is 14.4 Å². The predicted octanol–water partition coefficient (Wildman–Crippen LogP) is 0.908. The van der Waals surface area contributed by atoms with E-state index in [2.05, 4.69) is 15.5 Å². The van der Waals surface area contributed by atoms with Crippen molar-refractivity contribution in [2.45, 2.75) is 19.3 Å². The van der Waals surface area contributed by atoms with Crippen LogP contribution < -0.4 is 10.9 Å². The number of nitrogens with one attached hydrogen (secondary N) is 2. The molecule has 0 fully saturated rings. The molecule has 0 atom stereocenters. The van der Waals surface area contributed by atoms with Crippen LogP contribution in [0.5, 0.6) is 0 Å². The molecule has 0 bridgehead atoms. The lowest BCUT2D eigenvalue weighted by Crippen LogP contribution is -2.27. The van der Waals surface area contributed by atoms with Crippen molar-refractivity contribution in [3.63, 3.8) is 0 Å². The highest BCUT2D eigenvalue weighted by atomic mass is 16.4. The van der Waals surface area contributed by atoms with Gasteiger partial charge in [-0.1, -0.05) is 18.2 Å². The van der Waals surface area contributed by atoms with Gasteiger partial charge >= 0.3 is 5.97 Å². The maximum Gasteiger partial charge on any atom is 0.303 e. The van der Waals surface area contributed by atoms with Crippen molar-refractivity contribution in [3.8, 4) is 0 Å². The molecule has 0 radical (unpaired) electrons. The number of amides is 1. The topological polar surface area (TPSA) is 112 Å². The van der Waals surface area contributed by atoms with Crippen LogP contribution in [0.2, 0.25) is 0 Å². The number of H-pyrrole nitrogens is 1. The largest absolute Gasteiger partial charge is 0.481 e. The number of carbonyl (C=O) groups excluding carboxylic acids is 1. The molecule has 0 saturated carbocycles. The lowest BCUT2D eigenvalue weighted by atomic mass is 10.1. The molecular weight excluding hydrogens is 274 g/mol. The zero-order valence-electron chi connectivity index (χ0n) is 11.3. The quantitative estimate of drug-likeness (QED) is 0.684. The summed E-state index contributed by atoms with van der Waals surface area (Å²) in [7, 11) is 0. The van der Waals surface area contributed by atoms with Gasteiger partial charge in [0.05, 0.1) is 5.39 Å². The van der Waals surface area contributed by atoms with Gasteiger partial charge in [-0.3, -0.25) is 14.4 Å². The van der Waals surface area contributed by atoms with Crippen LogP contribution in [-0.2, 0) is 4.79 Å². The fourth-order valence-electron chi connectivity index (χ4n) is 1.97. The summed E-state index contributed by atoms with van der Waals surface area (Å²) in [5, 5.41) is 18.2. The molecule has 7 nitrogen and oxygen atoms in total. The van der Waals surface area contributed by atoms with E-state index in [0.29, 0.717) is 30.2 Å². The number of carbonyl (C=O) groups is 2. The minimum Gasteiger partial charge on any atom is -0.481 e. The van der Waals surface area contributed by atoms with Crippen LogP contribution in [0.25, 0.3) is 10.8 Å². The monoisotopic (exact) mass is 289 g/mol. The predicted molar refractivity (Wildman–Crippen MR) is 76.2 cm³/mol. The van der Waals surface area contributed by atoms with E-state index in [1.807, 2.05) is 0 Å². The minimum absolute atomic E-state index is 0.0791. The molecule has 3 N–H and O–H groups in total. The molecule has 1 heterocycles. The molecule has 110 valence electrons. The molecule has 2 aromatic rings. The fraction of sp³-hybridized carbons (Fsp3) is 0.286. The average molecular weight is 289 g/mol. The van der Waals surface area contributed by atoms with E-state index in [0.717, 1.165) is 0 Å². The van der Waals surface area contributed by atoms with Crippen molar-refractivity contribution in [1.82, 2.24) is 15.5 Å². The maximum atomic E-state index is 12.1. The first-order valence-corrected chi connectivity index (χ1v) is 6.57. The molecule has 0 spiro atoms. The Morgan fingerprint density at radius 1 is 1.19 bits per heavy atom. The number of hydrogen-bond acceptors (Lipinski definition) is 4. The van der Waals surface area contributed by atoms with E-state index >= 15 is 0 Å². The third kappa shape index (κ3) is 3.65. The fourth-order valence-corrected chi connectivity index (χ4v) is 1.97. The van der Waals surface area contributed by atoms with Crippen molar-refractivity contribution < 1.29 is 14.7 Å². The summed E-state index contributed by atoms with van der Waals surface area (Å²) in [5.74, 6) is -1.24. The number of aromatic amines is 1. The Bertz CT molecular complexity index is 723. The van der Waals surface area contributed by atoms with Crippen LogP contribution in [0.15, 0.2) is 29.1 Å². The highest BCUT2D eigenvalue weighted by Gasteiger charge is 2.13. The first-order valence-electron chi connectivity index (χ1n) is 6.57. The highest BCUT2D eigenvalue weighted by Crippen LogP contribution is 2.12. The molecule has 0 saturated heterocycles. The van der Waals surface area contributed by atoms with Gasteiger partial charge in [0.1, 0.15) is 0 Å². The lowest BCUT2D eigenvalue weighted by Gasteiger charge is -2.06. The standard InChI is InChI=1S/C14H15N3O4/c18-11(19)7-3-4-8-15-14(21)12-9-5-1-2-6-10(9)13(20)17-16-12/h1-2,5-6H,3-4,7-8H2,(H,15,21)(H,17,20)(H,18,19). The molecule has 1 aromatic carbocycles. The van der Waals surface area contributed by atoms with Gasteiger partial charge in [-0.25, -0.2) is 5.10 Å². The summed E-state index contributed by atoms with van der Waals surface area (Å²) in [5.41, 5.74) is -0.188. The number of unbranched alkanes of at least 4 members (excludes halogenated alkanes) is 1. The van der Waals surface area contributed by atoms with Crippen LogP contribution in [0, 0.1) is 0 Å². The molecule has 0 unspecified atom stereocenters. The van der Waals surface area contributed by atoms with Crippen molar-refractivity contribution in [1.29, 1.82) is 0 Å². The van der Waals surface area contributed by atoms with E-state index in [1.54, 1.807) is 24.3 Å². The summed E-state index contributed by atoms with van der Waals surface area (Å²) in [4.78, 5) is 34.0. The van der Waals surface area contributed by atoms with Crippen molar-refractivity contribution in [2.75, 3.05) is 6.54 Å². The average Bonchev–Trinajstić information content (AvgIpc) is 2.47. The van der Waals surface area contributed by atoms with E-state index < -0.39 is 11.9 Å². The lowest BCUT2D eigenvalue weighted by molar-refractivity contribution is -0.137. The Hall–Kier alpha value is -2.70. The van der Waals surface area contributed by atoms with E-state index in [-0.39, 0.29) is 17.7 Å². The number of fused-ring (bicyclic) bond motifs is 1. The third-order valence-electron chi connectivity index (χ3n) is 3.01. The number of carboxylic acid groups (broad SMARTS) is 1. The van der Waals surface area contributed by atoms with Crippen molar-refractivity contribution in [2.24, 2.45) is 0 Å². The summed E-state index contributed by atoms with van der Waals surface area (Å²) in [6.07, 6.45) is 1.14. The summed E-state index contributed by atoms with van der Waals surface area (Å²) >= 11 is 0. The second-order valence-corrected chi connectivity index (χ2v) is 4.55. The molecule has 2 rings (SSSR count). The first-order chi connectivity index (χ1) is 10.1. The van der Waals surface area contributed by atoms with Gasteiger partial charge < -0.3 is 10.4 Å². The van der Waals surface area contributed by atoms with Crippen LogP contribution in [0.4, 0.5) is 0 Å². The molecule has 7 heteroatoms. The van der Waals surface area contributed by atoms with Crippen LogP contribution in [0.1, 0.15) is 29.8 Å². The molecule has 0 aliphatic heterocycles. The normalized spacial score (nSPS) is 10.5. The third-order valence-corrected chi connectivity index (χ3v) is 3.01. The van der Waals surface area contributed by atoms with Gasteiger partial charge in [0.25, 0.3) is 11.5 Å². The Balaban J connectivity index is 2.05. The van der Waals surface area contributed by atoms with E-state index in [4.69, 9.17) is 5.11 Å². The van der Waals surface area contributed by atoms with Gasteiger partial charge in [0.15, 0.2) is 5.69 Å². The highest BCUT2D eigenvalue weighted by molar-refractivity contribution is 6.04. The number of carboxylic acids is 1. The molecule has 1 aromatic heterocycles. The smallest absolute Gasteiger partial charge is 0.303 e. The van der Waals surface area contributed by atoms with Gasteiger partial charge in [0.2, 0.25) is 0 Å². The van der Waals surface area contributed by atoms with Gasteiger partial charge in [-0.15, -0.1) is 0 Å². The van der Waals surface area contributed by atoms with Crippen molar-refractivity contribution >= 4 is 22.6 Å². The second kappa shape index (κ2) is 6.65. The first kappa shape index (κ1) is 14.7. The second-order valence-electron chi connectivity index (χ2n) is 4.55. The van der Waals surface area contributed by atoms with E-state index in [1.165, 1.54) is 0 Å². The number of nitrogens with zero attached hydrogens (tertiary/aromatic N) is 1. The Labute approximate surface area is 120 Å². The molecular formula is C14H15N3O4. The maximum absolute atomic E-state index is 12.1. The molecule has 21 heavy (non-hydrogen) atoms. The number of aromatic nitrogens is 2. The van der Waals surface area contributed by atoms with Crippen molar-refractivity contribution in [3.05, 3.63) is 40.3 Å². The van der Waals surface area contributed by atoms with Gasteiger partial charge in [-0.05, 0) is 18.9 Å². The summed E-state index contributed by atoms with van der Waals surface area (Å²) in [6, 6.07) is 6.73. The Kier molecular flexibility index (Phi) is 4.65. The van der Waals surface area contributed by atoms with Crippen LogP contribution >= 0.6 is 0 Å². The molecule has 1 amide bonds. The van der Waals surface area contributed by atoms with Crippen LogP contribution in [0.3, 0.4) is 0 Å². The number of hydrogen-bond donors (Lipinski definition) is 3. The molecule has 0 aliphatic carbocycles. The SMILES string of the molecule is O=C(O)CCCCNC(=O)c1n[nH]c(=O)c2ccccc12. The number of aliphatic carboxylic acids is 1. The Morgan fingerprint density at radius 2 is 1.90 bits per heavy atom. The number of rotatable bonds is 6. The Morgan fingerprint density at radius 3 is 2.62 bits per heavy atom.